The number of hydrogen-bond acceptors (Lipinski definition) is 4. The molecule has 0 spiro atoms. The van der Waals surface area contributed by atoms with Crippen LogP contribution in [-0.2, 0) is 15.3 Å². The lowest BCUT2D eigenvalue weighted by molar-refractivity contribution is -0.129. The van der Waals surface area contributed by atoms with Gasteiger partial charge in [-0.1, -0.05) is 23.7 Å². The minimum Gasteiger partial charge on any atom is -0.449 e. The van der Waals surface area contributed by atoms with Crippen molar-refractivity contribution in [3.8, 4) is 0 Å². The summed E-state index contributed by atoms with van der Waals surface area (Å²) in [7, 11) is 0. The van der Waals surface area contributed by atoms with Gasteiger partial charge in [0.05, 0.1) is 5.56 Å². The van der Waals surface area contributed by atoms with Crippen LogP contribution in [0.4, 0.5) is 0 Å². The molecule has 0 radical (unpaired) electrons. The maximum atomic E-state index is 12.2. The molecular formula is C20H20ClNO3S. The van der Waals surface area contributed by atoms with E-state index in [4.69, 9.17) is 16.3 Å². The fraction of sp³-hybridized carbons (Fsp3) is 0.300. The quantitative estimate of drug-likeness (QED) is 0.561. The van der Waals surface area contributed by atoms with E-state index in [1.54, 1.807) is 30.8 Å². The highest BCUT2D eigenvalue weighted by atomic mass is 35.5. The van der Waals surface area contributed by atoms with Crippen LogP contribution in [-0.4, -0.2) is 24.0 Å². The molecule has 1 atom stereocenters. The average molecular weight is 390 g/mol. The molecule has 1 fully saturated rings. The van der Waals surface area contributed by atoms with E-state index in [9.17, 15) is 9.59 Å². The van der Waals surface area contributed by atoms with Crippen LogP contribution in [0.25, 0.3) is 0 Å². The van der Waals surface area contributed by atoms with Crippen molar-refractivity contribution in [2.45, 2.75) is 42.6 Å². The van der Waals surface area contributed by atoms with Crippen LogP contribution >= 0.6 is 23.4 Å². The lowest BCUT2D eigenvalue weighted by Gasteiger charge is -2.13. The first-order valence-electron chi connectivity index (χ1n) is 8.50. The third-order valence-electron chi connectivity index (χ3n) is 3.99. The first kappa shape index (κ1) is 18.8. The number of nitrogens with one attached hydrogen (secondary N) is 1. The number of esters is 1. The standard InChI is InChI=1S/C20H20ClNO3S/c1-13(19(23)22-17-8-9-17)25-20(24)15-4-2-14(3-5-15)12-26-18-10-6-16(21)7-11-18/h2-7,10-11,13,17H,8-9,12H2,1H3,(H,22,23). The van der Waals surface area contributed by atoms with Crippen molar-refractivity contribution >= 4 is 35.2 Å². The van der Waals surface area contributed by atoms with E-state index in [0.717, 1.165) is 34.1 Å². The van der Waals surface area contributed by atoms with Crippen molar-refractivity contribution in [1.82, 2.24) is 5.32 Å². The van der Waals surface area contributed by atoms with Crippen molar-refractivity contribution in [1.29, 1.82) is 0 Å². The van der Waals surface area contributed by atoms with E-state index in [2.05, 4.69) is 5.32 Å². The topological polar surface area (TPSA) is 55.4 Å². The van der Waals surface area contributed by atoms with Crippen LogP contribution in [0.3, 0.4) is 0 Å². The highest BCUT2D eigenvalue weighted by Gasteiger charge is 2.27. The molecule has 0 aliphatic heterocycles. The molecule has 0 bridgehead atoms. The second kappa shape index (κ2) is 8.60. The van der Waals surface area contributed by atoms with Gasteiger partial charge in [0.1, 0.15) is 0 Å². The van der Waals surface area contributed by atoms with Crippen LogP contribution in [0.1, 0.15) is 35.7 Å². The number of hydrogen-bond donors (Lipinski definition) is 1. The van der Waals surface area contributed by atoms with Crippen molar-refractivity contribution in [3.05, 3.63) is 64.7 Å². The molecule has 2 aromatic carbocycles. The largest absolute Gasteiger partial charge is 0.449 e. The van der Waals surface area contributed by atoms with Gasteiger partial charge in [0.2, 0.25) is 0 Å². The van der Waals surface area contributed by atoms with Gasteiger partial charge in [0.25, 0.3) is 5.91 Å². The molecule has 1 aliphatic carbocycles. The third-order valence-corrected chi connectivity index (χ3v) is 5.32. The summed E-state index contributed by atoms with van der Waals surface area (Å²) >= 11 is 7.58. The Morgan fingerprint density at radius 2 is 1.81 bits per heavy atom. The molecule has 0 saturated heterocycles. The summed E-state index contributed by atoms with van der Waals surface area (Å²) in [6.07, 6.45) is 1.22. The van der Waals surface area contributed by atoms with E-state index < -0.39 is 12.1 Å². The van der Waals surface area contributed by atoms with Gasteiger partial charge in [-0.3, -0.25) is 4.79 Å². The van der Waals surface area contributed by atoms with Gasteiger partial charge in [-0.05, 0) is 61.7 Å². The molecule has 1 aliphatic rings. The van der Waals surface area contributed by atoms with E-state index >= 15 is 0 Å². The number of benzene rings is 2. The minimum absolute atomic E-state index is 0.239. The van der Waals surface area contributed by atoms with Crippen molar-refractivity contribution < 1.29 is 14.3 Å². The van der Waals surface area contributed by atoms with E-state index in [1.807, 2.05) is 36.4 Å². The first-order valence-corrected chi connectivity index (χ1v) is 9.86. The fourth-order valence-electron chi connectivity index (χ4n) is 2.26. The summed E-state index contributed by atoms with van der Waals surface area (Å²) in [4.78, 5) is 25.2. The summed E-state index contributed by atoms with van der Waals surface area (Å²) in [5.74, 6) is 0.0640. The van der Waals surface area contributed by atoms with Crippen molar-refractivity contribution in [2.75, 3.05) is 0 Å². The second-order valence-corrected chi connectivity index (χ2v) is 7.76. The van der Waals surface area contributed by atoms with Gasteiger partial charge in [-0.15, -0.1) is 11.8 Å². The molecule has 1 unspecified atom stereocenters. The lowest BCUT2D eigenvalue weighted by Crippen LogP contribution is -2.37. The molecule has 1 N–H and O–H groups in total. The van der Waals surface area contributed by atoms with Crippen LogP contribution < -0.4 is 5.32 Å². The molecule has 1 amide bonds. The summed E-state index contributed by atoms with van der Waals surface area (Å²) in [6, 6.07) is 15.2. The Bertz CT molecular complexity index is 773. The number of thioether (sulfide) groups is 1. The number of amides is 1. The van der Waals surface area contributed by atoms with Gasteiger partial charge in [-0.2, -0.15) is 0 Å². The molecule has 1 saturated carbocycles. The zero-order valence-corrected chi connectivity index (χ0v) is 16.0. The van der Waals surface area contributed by atoms with Gasteiger partial charge in [0, 0.05) is 21.7 Å². The number of rotatable bonds is 7. The van der Waals surface area contributed by atoms with Crippen molar-refractivity contribution in [2.24, 2.45) is 0 Å². The zero-order chi connectivity index (χ0) is 18.5. The Kier molecular flexibility index (Phi) is 6.22. The van der Waals surface area contributed by atoms with Gasteiger partial charge < -0.3 is 10.1 Å². The molecule has 136 valence electrons. The SMILES string of the molecule is CC(OC(=O)c1ccc(CSc2ccc(Cl)cc2)cc1)C(=O)NC1CC1. The number of carbonyl (C=O) groups is 2. The highest BCUT2D eigenvalue weighted by molar-refractivity contribution is 7.98. The monoisotopic (exact) mass is 389 g/mol. The molecular weight excluding hydrogens is 370 g/mol. The maximum absolute atomic E-state index is 12.2. The maximum Gasteiger partial charge on any atom is 0.338 e. The first-order chi connectivity index (χ1) is 12.5. The Morgan fingerprint density at radius 1 is 1.15 bits per heavy atom. The lowest BCUT2D eigenvalue weighted by atomic mass is 10.1. The second-order valence-electron chi connectivity index (χ2n) is 6.27. The summed E-state index contributed by atoms with van der Waals surface area (Å²) in [5, 5.41) is 3.55. The molecule has 4 nitrogen and oxygen atoms in total. The van der Waals surface area contributed by atoms with Crippen LogP contribution in [0, 0.1) is 0 Å². The number of ether oxygens (including phenoxy) is 1. The van der Waals surface area contributed by atoms with E-state index in [-0.39, 0.29) is 11.9 Å². The molecule has 26 heavy (non-hydrogen) atoms. The molecule has 0 aromatic heterocycles. The van der Waals surface area contributed by atoms with Crippen molar-refractivity contribution in [3.63, 3.8) is 0 Å². The normalized spacial score (nSPS) is 14.5. The number of halogens is 1. The highest BCUT2D eigenvalue weighted by Crippen LogP contribution is 2.24. The fourth-order valence-corrected chi connectivity index (χ4v) is 3.24. The smallest absolute Gasteiger partial charge is 0.338 e. The van der Waals surface area contributed by atoms with Gasteiger partial charge >= 0.3 is 5.97 Å². The zero-order valence-electron chi connectivity index (χ0n) is 14.4. The molecule has 0 heterocycles. The molecule has 2 aromatic rings. The minimum atomic E-state index is -0.789. The Hall–Kier alpha value is -1.98. The van der Waals surface area contributed by atoms with Gasteiger partial charge in [0.15, 0.2) is 6.10 Å². The Balaban J connectivity index is 1.50. The van der Waals surface area contributed by atoms with Crippen LogP contribution in [0.5, 0.6) is 0 Å². The van der Waals surface area contributed by atoms with Gasteiger partial charge in [-0.25, -0.2) is 4.79 Å². The third kappa shape index (κ3) is 5.51. The molecule has 3 rings (SSSR count). The van der Waals surface area contributed by atoms with E-state index in [1.165, 1.54) is 0 Å². The average Bonchev–Trinajstić information content (AvgIpc) is 3.45. The Labute approximate surface area is 162 Å². The van der Waals surface area contributed by atoms with Crippen LogP contribution in [0.2, 0.25) is 5.02 Å². The van der Waals surface area contributed by atoms with E-state index in [0.29, 0.717) is 5.56 Å². The molecule has 6 heteroatoms. The predicted molar refractivity (Wildman–Crippen MR) is 103 cm³/mol. The summed E-state index contributed by atoms with van der Waals surface area (Å²) in [5.41, 5.74) is 1.54. The Morgan fingerprint density at radius 3 is 2.42 bits per heavy atom. The number of carbonyl (C=O) groups excluding carboxylic acids is 2. The van der Waals surface area contributed by atoms with Crippen LogP contribution in [0.15, 0.2) is 53.4 Å². The predicted octanol–water partition coefficient (Wildman–Crippen LogP) is 4.46. The summed E-state index contributed by atoms with van der Waals surface area (Å²) in [6.45, 7) is 1.59. The summed E-state index contributed by atoms with van der Waals surface area (Å²) < 4.78 is 5.24.